The Bertz CT molecular complexity index is 124. The molecule has 0 bridgehead atoms. The lowest BCUT2D eigenvalue weighted by Gasteiger charge is -2.04. The van der Waals surface area contributed by atoms with Crippen molar-refractivity contribution in [2.24, 2.45) is 0 Å². The molecule has 0 saturated carbocycles. The molecular weight excluding hydrogens is 172 g/mol. The van der Waals surface area contributed by atoms with Gasteiger partial charge in [-0.2, -0.15) is 11.8 Å². The highest BCUT2D eigenvalue weighted by molar-refractivity contribution is 8.00. The lowest BCUT2D eigenvalue weighted by molar-refractivity contribution is -0.121. The van der Waals surface area contributed by atoms with Gasteiger partial charge >= 0.3 is 0 Å². The molecule has 0 aliphatic rings. The standard InChI is InChI=1S/C9H18O2S/c1-4-5-11-6-9(10)7-12-8(2)3/h8H,4-7H2,1-3H3. The molecule has 0 rings (SSSR count). The third-order valence-corrected chi connectivity index (χ3v) is 2.34. The molecule has 0 aromatic carbocycles. The summed E-state index contributed by atoms with van der Waals surface area (Å²) in [4.78, 5) is 11.1. The van der Waals surface area contributed by atoms with Gasteiger partial charge in [-0.25, -0.2) is 0 Å². The van der Waals surface area contributed by atoms with E-state index < -0.39 is 0 Å². The van der Waals surface area contributed by atoms with Gasteiger partial charge in [0.15, 0.2) is 5.78 Å². The minimum Gasteiger partial charge on any atom is -0.374 e. The second kappa shape index (κ2) is 7.62. The van der Waals surface area contributed by atoms with Crippen molar-refractivity contribution in [2.45, 2.75) is 32.4 Å². The third kappa shape index (κ3) is 8.08. The van der Waals surface area contributed by atoms with Crippen molar-refractivity contribution in [3.8, 4) is 0 Å². The van der Waals surface area contributed by atoms with Gasteiger partial charge in [0.25, 0.3) is 0 Å². The molecule has 0 fully saturated rings. The van der Waals surface area contributed by atoms with Crippen molar-refractivity contribution < 1.29 is 9.53 Å². The van der Waals surface area contributed by atoms with Gasteiger partial charge in [0.05, 0.1) is 5.75 Å². The highest BCUT2D eigenvalue weighted by Gasteiger charge is 2.03. The van der Waals surface area contributed by atoms with E-state index in [4.69, 9.17) is 4.74 Å². The van der Waals surface area contributed by atoms with Crippen molar-refractivity contribution in [1.82, 2.24) is 0 Å². The van der Waals surface area contributed by atoms with E-state index in [2.05, 4.69) is 13.8 Å². The summed E-state index contributed by atoms with van der Waals surface area (Å²) < 4.78 is 5.11. The Morgan fingerprint density at radius 1 is 1.50 bits per heavy atom. The third-order valence-electron chi connectivity index (χ3n) is 1.19. The van der Waals surface area contributed by atoms with Gasteiger partial charge in [-0.05, 0) is 11.7 Å². The fourth-order valence-corrected chi connectivity index (χ4v) is 1.23. The Morgan fingerprint density at radius 2 is 2.17 bits per heavy atom. The van der Waals surface area contributed by atoms with Crippen LogP contribution in [-0.4, -0.2) is 30.0 Å². The minimum absolute atomic E-state index is 0.196. The van der Waals surface area contributed by atoms with Crippen LogP contribution >= 0.6 is 11.8 Å². The van der Waals surface area contributed by atoms with Crippen molar-refractivity contribution in [2.75, 3.05) is 19.0 Å². The molecule has 72 valence electrons. The molecule has 0 amide bonds. The molecule has 0 aromatic heterocycles. The molecular formula is C9H18O2S. The molecule has 3 heteroatoms. The highest BCUT2D eigenvalue weighted by atomic mass is 32.2. The summed E-state index contributed by atoms with van der Waals surface area (Å²) in [6.45, 7) is 7.19. The summed E-state index contributed by atoms with van der Waals surface area (Å²) >= 11 is 1.67. The summed E-state index contributed by atoms with van der Waals surface area (Å²) in [6.07, 6.45) is 0.977. The molecule has 2 nitrogen and oxygen atoms in total. The number of carbonyl (C=O) groups excluding carboxylic acids is 1. The van der Waals surface area contributed by atoms with Gasteiger partial charge in [-0.1, -0.05) is 20.8 Å². The van der Waals surface area contributed by atoms with E-state index >= 15 is 0 Å². The molecule has 0 unspecified atom stereocenters. The number of ketones is 1. The fraction of sp³-hybridized carbons (Fsp3) is 0.889. The van der Waals surface area contributed by atoms with Crippen LogP contribution < -0.4 is 0 Å². The molecule has 0 aromatic rings. The van der Waals surface area contributed by atoms with Crippen LogP contribution in [0.1, 0.15) is 27.2 Å². The zero-order valence-corrected chi connectivity index (χ0v) is 8.95. The van der Waals surface area contributed by atoms with Crippen molar-refractivity contribution in [3.63, 3.8) is 0 Å². The smallest absolute Gasteiger partial charge is 0.168 e. The second-order valence-electron chi connectivity index (χ2n) is 2.95. The first-order valence-electron chi connectivity index (χ1n) is 4.37. The Balaban J connectivity index is 3.22. The maximum atomic E-state index is 11.1. The van der Waals surface area contributed by atoms with Crippen molar-refractivity contribution >= 4 is 17.5 Å². The van der Waals surface area contributed by atoms with Crippen LogP contribution in [0.3, 0.4) is 0 Å². The zero-order chi connectivity index (χ0) is 9.40. The van der Waals surface area contributed by atoms with Gasteiger partial charge in [-0.3, -0.25) is 4.79 Å². The van der Waals surface area contributed by atoms with Crippen LogP contribution in [0.25, 0.3) is 0 Å². The topological polar surface area (TPSA) is 26.3 Å². The highest BCUT2D eigenvalue weighted by Crippen LogP contribution is 2.08. The average Bonchev–Trinajstić information content (AvgIpc) is 2.01. The molecule has 0 aliphatic carbocycles. The summed E-state index contributed by atoms with van der Waals surface area (Å²) in [5, 5.41) is 0.528. The first-order valence-corrected chi connectivity index (χ1v) is 5.42. The minimum atomic E-state index is 0.196. The quantitative estimate of drug-likeness (QED) is 0.575. The number of carbonyl (C=O) groups is 1. The largest absolute Gasteiger partial charge is 0.374 e. The molecule has 0 heterocycles. The zero-order valence-electron chi connectivity index (χ0n) is 8.13. The maximum absolute atomic E-state index is 11.1. The summed E-state index contributed by atoms with van der Waals surface area (Å²) in [6, 6.07) is 0. The van der Waals surface area contributed by atoms with E-state index in [1.807, 2.05) is 6.92 Å². The van der Waals surface area contributed by atoms with Crippen LogP contribution in [0.4, 0.5) is 0 Å². The van der Waals surface area contributed by atoms with Crippen LogP contribution in [0.15, 0.2) is 0 Å². The Hall–Kier alpha value is -0.0200. The summed E-state index contributed by atoms with van der Waals surface area (Å²) in [7, 11) is 0. The number of hydrogen-bond acceptors (Lipinski definition) is 3. The van der Waals surface area contributed by atoms with E-state index in [1.54, 1.807) is 11.8 Å². The molecule has 12 heavy (non-hydrogen) atoms. The van der Waals surface area contributed by atoms with Crippen LogP contribution in [-0.2, 0) is 9.53 Å². The van der Waals surface area contributed by atoms with E-state index in [9.17, 15) is 4.79 Å². The first kappa shape index (κ1) is 12.0. The first-order chi connectivity index (χ1) is 5.66. The Labute approximate surface area is 79.1 Å². The van der Waals surface area contributed by atoms with Gasteiger partial charge in [-0.15, -0.1) is 0 Å². The average molecular weight is 190 g/mol. The molecule has 0 aliphatic heterocycles. The lowest BCUT2D eigenvalue weighted by atomic mass is 10.5. The van der Waals surface area contributed by atoms with Crippen LogP contribution in [0.2, 0.25) is 0 Å². The lowest BCUT2D eigenvalue weighted by Crippen LogP contribution is -2.12. The molecule has 0 spiro atoms. The van der Waals surface area contributed by atoms with Crippen molar-refractivity contribution in [1.29, 1.82) is 0 Å². The van der Waals surface area contributed by atoms with Crippen LogP contribution in [0.5, 0.6) is 0 Å². The molecule has 0 N–H and O–H groups in total. The second-order valence-corrected chi connectivity index (χ2v) is 4.52. The Kier molecular flexibility index (Phi) is 7.61. The molecule has 0 atom stereocenters. The van der Waals surface area contributed by atoms with Gasteiger partial charge in [0, 0.05) is 6.61 Å². The van der Waals surface area contributed by atoms with E-state index in [0.717, 1.165) is 6.42 Å². The summed E-state index contributed by atoms with van der Waals surface area (Å²) in [5.74, 6) is 0.781. The summed E-state index contributed by atoms with van der Waals surface area (Å²) in [5.41, 5.74) is 0. The SMILES string of the molecule is CCCOCC(=O)CSC(C)C. The van der Waals surface area contributed by atoms with Gasteiger partial charge in [0.1, 0.15) is 6.61 Å². The normalized spacial score (nSPS) is 10.7. The van der Waals surface area contributed by atoms with E-state index in [0.29, 0.717) is 17.6 Å². The number of rotatable bonds is 7. The number of Topliss-reactive ketones (excluding diaryl/α,β-unsaturated/α-hetero) is 1. The van der Waals surface area contributed by atoms with Gasteiger partial charge in [0.2, 0.25) is 0 Å². The molecule has 0 saturated heterocycles. The predicted molar refractivity (Wildman–Crippen MR) is 53.7 cm³/mol. The van der Waals surface area contributed by atoms with Gasteiger partial charge < -0.3 is 4.74 Å². The van der Waals surface area contributed by atoms with E-state index in [1.165, 1.54) is 0 Å². The monoisotopic (exact) mass is 190 g/mol. The Morgan fingerprint density at radius 3 is 2.67 bits per heavy atom. The number of thioether (sulfide) groups is 1. The maximum Gasteiger partial charge on any atom is 0.168 e. The van der Waals surface area contributed by atoms with Crippen molar-refractivity contribution in [3.05, 3.63) is 0 Å². The van der Waals surface area contributed by atoms with E-state index in [-0.39, 0.29) is 12.4 Å². The molecule has 0 radical (unpaired) electrons. The fourth-order valence-electron chi connectivity index (χ4n) is 0.632. The van der Waals surface area contributed by atoms with Crippen LogP contribution in [0, 0.1) is 0 Å². The number of ether oxygens (including phenoxy) is 1. The number of hydrogen-bond donors (Lipinski definition) is 0. The predicted octanol–water partition coefficient (Wildman–Crippen LogP) is 2.12.